The Kier molecular flexibility index (Phi) is 4.12. The number of rotatable bonds is 3. The van der Waals surface area contributed by atoms with Crippen molar-refractivity contribution in [2.75, 3.05) is 13.2 Å². The van der Waals surface area contributed by atoms with Crippen LogP contribution < -0.4 is 0 Å². The molecule has 124 valence electrons. The number of nitrogens with zero attached hydrogens (tertiary/aromatic N) is 2. The molecule has 2 aliphatic heterocycles. The molecule has 0 aromatic carbocycles. The lowest BCUT2D eigenvalue weighted by molar-refractivity contribution is 0.0965. The molecular weight excluding hydrogens is 286 g/mol. The third-order valence-corrected chi connectivity index (χ3v) is 5.83. The van der Waals surface area contributed by atoms with E-state index in [0.717, 1.165) is 37.6 Å². The minimum absolute atomic E-state index is 0.219. The first-order chi connectivity index (χ1) is 11.2. The summed E-state index contributed by atoms with van der Waals surface area (Å²) in [5, 5.41) is 1.27. The van der Waals surface area contributed by atoms with Crippen LogP contribution in [0.2, 0.25) is 0 Å². The van der Waals surface area contributed by atoms with Crippen LogP contribution in [0.25, 0.3) is 11.0 Å². The molecule has 0 aliphatic carbocycles. The molecule has 4 heterocycles. The number of aromatic amines is 1. The number of fused-ring (bicyclic) bond motifs is 1. The number of piperidine rings is 1. The van der Waals surface area contributed by atoms with Crippen LogP contribution in [-0.2, 0) is 11.3 Å². The average molecular weight is 313 g/mol. The maximum absolute atomic E-state index is 5.97. The van der Waals surface area contributed by atoms with E-state index >= 15 is 0 Å². The quantitative estimate of drug-likeness (QED) is 0.930. The van der Waals surface area contributed by atoms with Crippen molar-refractivity contribution in [3.63, 3.8) is 0 Å². The summed E-state index contributed by atoms with van der Waals surface area (Å²) in [5.41, 5.74) is 3.67. The van der Waals surface area contributed by atoms with Gasteiger partial charge in [0.25, 0.3) is 0 Å². The fourth-order valence-corrected chi connectivity index (χ4v) is 4.19. The third-order valence-electron chi connectivity index (χ3n) is 5.83. The molecule has 2 saturated heterocycles. The summed E-state index contributed by atoms with van der Waals surface area (Å²) in [7, 11) is 0. The van der Waals surface area contributed by atoms with E-state index in [0.29, 0.717) is 6.04 Å². The minimum Gasteiger partial charge on any atom is -0.372 e. The third kappa shape index (κ3) is 2.79. The minimum atomic E-state index is 0.219. The van der Waals surface area contributed by atoms with E-state index in [2.05, 4.69) is 34.8 Å². The molecule has 0 unspecified atom stereocenters. The smallest absolute Gasteiger partial charge is 0.137 e. The molecule has 1 N–H and O–H groups in total. The van der Waals surface area contributed by atoms with Crippen LogP contribution in [0, 0.1) is 5.92 Å². The van der Waals surface area contributed by atoms with Crippen LogP contribution in [-0.4, -0.2) is 34.1 Å². The van der Waals surface area contributed by atoms with Gasteiger partial charge >= 0.3 is 0 Å². The fraction of sp³-hybridized carbons (Fsp3) is 0.632. The van der Waals surface area contributed by atoms with Gasteiger partial charge in [0.1, 0.15) is 5.65 Å². The predicted octanol–water partition coefficient (Wildman–Crippen LogP) is 4.03. The van der Waals surface area contributed by atoms with Crippen molar-refractivity contribution < 1.29 is 4.74 Å². The van der Waals surface area contributed by atoms with Crippen LogP contribution in [0.15, 0.2) is 18.3 Å². The fourth-order valence-electron chi connectivity index (χ4n) is 4.19. The van der Waals surface area contributed by atoms with Gasteiger partial charge in [-0.25, -0.2) is 4.98 Å². The van der Waals surface area contributed by atoms with Gasteiger partial charge in [0, 0.05) is 30.8 Å². The highest BCUT2D eigenvalue weighted by molar-refractivity contribution is 5.81. The van der Waals surface area contributed by atoms with E-state index in [-0.39, 0.29) is 6.10 Å². The summed E-state index contributed by atoms with van der Waals surface area (Å²) in [4.78, 5) is 10.7. The zero-order valence-electron chi connectivity index (χ0n) is 14.2. The van der Waals surface area contributed by atoms with Gasteiger partial charge in [-0.2, -0.15) is 0 Å². The molecule has 0 spiro atoms. The van der Waals surface area contributed by atoms with Gasteiger partial charge < -0.3 is 9.72 Å². The Hall–Kier alpha value is -1.39. The Morgan fingerprint density at radius 2 is 2.22 bits per heavy atom. The van der Waals surface area contributed by atoms with Gasteiger partial charge in [-0.05, 0) is 62.8 Å². The summed E-state index contributed by atoms with van der Waals surface area (Å²) in [6, 6.07) is 4.88. The van der Waals surface area contributed by atoms with Gasteiger partial charge in [0.2, 0.25) is 0 Å². The number of pyridine rings is 1. The number of likely N-dealkylation sites (tertiary alicyclic amines) is 1. The molecule has 23 heavy (non-hydrogen) atoms. The molecule has 4 rings (SSSR count). The highest BCUT2D eigenvalue weighted by atomic mass is 16.5. The average Bonchev–Trinajstić information content (AvgIpc) is 3.20. The summed E-state index contributed by atoms with van der Waals surface area (Å²) in [6.07, 6.45) is 7.02. The Labute approximate surface area is 138 Å². The van der Waals surface area contributed by atoms with Crippen LogP contribution in [0.5, 0.6) is 0 Å². The molecule has 0 radical (unpaired) electrons. The van der Waals surface area contributed by atoms with Crippen molar-refractivity contribution in [1.82, 2.24) is 14.9 Å². The number of hydrogen-bond donors (Lipinski definition) is 1. The Morgan fingerprint density at radius 3 is 3.04 bits per heavy atom. The number of hydrogen-bond acceptors (Lipinski definition) is 3. The van der Waals surface area contributed by atoms with Gasteiger partial charge in [0.15, 0.2) is 0 Å². The van der Waals surface area contributed by atoms with E-state index < -0.39 is 0 Å². The second kappa shape index (κ2) is 6.25. The molecule has 0 amide bonds. The van der Waals surface area contributed by atoms with E-state index in [1.165, 1.54) is 36.0 Å². The van der Waals surface area contributed by atoms with Crippen molar-refractivity contribution in [2.45, 2.75) is 58.2 Å². The first-order valence-corrected chi connectivity index (χ1v) is 9.05. The predicted molar refractivity (Wildman–Crippen MR) is 92.3 cm³/mol. The molecule has 2 fully saturated rings. The highest BCUT2D eigenvalue weighted by Crippen LogP contribution is 2.35. The normalized spacial score (nSPS) is 29.4. The second-order valence-corrected chi connectivity index (χ2v) is 7.25. The van der Waals surface area contributed by atoms with E-state index in [9.17, 15) is 0 Å². The zero-order chi connectivity index (χ0) is 15.8. The summed E-state index contributed by atoms with van der Waals surface area (Å²) < 4.78 is 5.97. The summed E-state index contributed by atoms with van der Waals surface area (Å²) in [6.45, 7) is 7.84. The Balaban J connectivity index is 1.70. The molecule has 2 aromatic rings. The van der Waals surface area contributed by atoms with E-state index in [4.69, 9.17) is 4.74 Å². The van der Waals surface area contributed by atoms with E-state index in [1.807, 2.05) is 12.3 Å². The van der Waals surface area contributed by atoms with Gasteiger partial charge in [-0.15, -0.1) is 0 Å². The van der Waals surface area contributed by atoms with Crippen molar-refractivity contribution in [3.05, 3.63) is 29.6 Å². The molecule has 0 saturated carbocycles. The number of ether oxygens (including phenoxy) is 1. The molecular formula is C19H27N3O. The lowest BCUT2D eigenvalue weighted by atomic mass is 9.91. The SMILES string of the molecule is C[C@H]1CCCN(Cc2c([C@@H]3CCCO3)[nH]c3ncccc23)[C@H]1C. The van der Waals surface area contributed by atoms with Crippen LogP contribution in [0.3, 0.4) is 0 Å². The monoisotopic (exact) mass is 313 g/mol. The number of nitrogens with one attached hydrogen (secondary N) is 1. The molecule has 4 nitrogen and oxygen atoms in total. The van der Waals surface area contributed by atoms with Crippen molar-refractivity contribution in [1.29, 1.82) is 0 Å². The van der Waals surface area contributed by atoms with Crippen LogP contribution in [0.4, 0.5) is 0 Å². The Bertz CT molecular complexity index is 674. The molecule has 3 atom stereocenters. The molecule has 2 aromatic heterocycles. The van der Waals surface area contributed by atoms with Crippen molar-refractivity contribution in [2.24, 2.45) is 5.92 Å². The number of H-pyrrole nitrogens is 1. The highest BCUT2D eigenvalue weighted by Gasteiger charge is 2.29. The first kappa shape index (κ1) is 15.2. The van der Waals surface area contributed by atoms with Crippen LogP contribution >= 0.6 is 0 Å². The van der Waals surface area contributed by atoms with Crippen molar-refractivity contribution in [3.8, 4) is 0 Å². The first-order valence-electron chi connectivity index (χ1n) is 9.05. The zero-order valence-corrected chi connectivity index (χ0v) is 14.2. The molecule has 0 bridgehead atoms. The lowest BCUT2D eigenvalue weighted by Gasteiger charge is -2.38. The van der Waals surface area contributed by atoms with Crippen LogP contribution in [0.1, 0.15) is 56.9 Å². The summed E-state index contributed by atoms with van der Waals surface area (Å²) >= 11 is 0. The molecule has 4 heteroatoms. The lowest BCUT2D eigenvalue weighted by Crippen LogP contribution is -2.41. The van der Waals surface area contributed by atoms with Gasteiger partial charge in [0.05, 0.1) is 11.8 Å². The van der Waals surface area contributed by atoms with E-state index in [1.54, 1.807) is 0 Å². The number of aromatic nitrogens is 2. The Morgan fingerprint density at radius 1 is 1.30 bits per heavy atom. The van der Waals surface area contributed by atoms with Crippen molar-refractivity contribution >= 4 is 11.0 Å². The largest absolute Gasteiger partial charge is 0.372 e. The van der Waals surface area contributed by atoms with Gasteiger partial charge in [-0.3, -0.25) is 4.90 Å². The van der Waals surface area contributed by atoms with Gasteiger partial charge in [-0.1, -0.05) is 6.92 Å². The standard InChI is InChI=1S/C19H27N3O/c1-13-6-4-10-22(14(13)2)12-16-15-7-3-9-20-19(15)21-18(16)17-8-5-11-23-17/h3,7,9,13-14,17H,4-6,8,10-12H2,1-2H3,(H,20,21)/t13-,14-,17-/m0/s1. The molecule has 2 aliphatic rings. The second-order valence-electron chi connectivity index (χ2n) is 7.25. The topological polar surface area (TPSA) is 41.1 Å². The maximum atomic E-state index is 5.97. The summed E-state index contributed by atoms with van der Waals surface area (Å²) in [5.74, 6) is 0.776. The maximum Gasteiger partial charge on any atom is 0.137 e.